The first-order valence-corrected chi connectivity index (χ1v) is 9.53. The Kier molecular flexibility index (Phi) is 5.39. The van der Waals surface area contributed by atoms with Crippen LogP contribution in [0.4, 0.5) is 0 Å². The van der Waals surface area contributed by atoms with Crippen molar-refractivity contribution < 1.29 is 19.9 Å². The standard InChI is InChI=1S/C18H26BClN2O4/c1-22-18(16(23)24)12(4-2-7-19(25)26)8-11-9-15(20)14(10-13(11)18)17(21)5-3-6-17/h9-10,12,22,25-26H,2-8,21H2,1H3,(H,23,24)/t12-,18+/m0/s1. The monoisotopic (exact) mass is 380 g/mol. The van der Waals surface area contributed by atoms with Crippen molar-refractivity contribution in [2.45, 2.75) is 55.9 Å². The lowest BCUT2D eigenvalue weighted by molar-refractivity contribution is -0.147. The van der Waals surface area contributed by atoms with E-state index in [0.717, 1.165) is 36.0 Å². The molecule has 6 N–H and O–H groups in total. The SMILES string of the molecule is CN[C@@]1(C(=O)O)c2cc(C3(N)CCC3)c(Cl)cc2C[C@@H]1CCCB(O)O. The molecule has 0 unspecified atom stereocenters. The van der Waals surface area contributed by atoms with Gasteiger partial charge in [-0.1, -0.05) is 18.0 Å². The lowest BCUT2D eigenvalue weighted by Gasteiger charge is -2.40. The van der Waals surface area contributed by atoms with Gasteiger partial charge in [0, 0.05) is 10.6 Å². The zero-order valence-electron chi connectivity index (χ0n) is 15.0. The summed E-state index contributed by atoms with van der Waals surface area (Å²) in [5.41, 5.74) is 7.27. The summed E-state index contributed by atoms with van der Waals surface area (Å²) < 4.78 is 0. The van der Waals surface area contributed by atoms with E-state index < -0.39 is 24.2 Å². The molecule has 2 aliphatic carbocycles. The van der Waals surface area contributed by atoms with Crippen LogP contribution in [0.5, 0.6) is 0 Å². The second-order valence-corrected chi connectivity index (χ2v) is 8.08. The number of carbonyl (C=O) groups is 1. The van der Waals surface area contributed by atoms with E-state index in [2.05, 4.69) is 5.32 Å². The second kappa shape index (κ2) is 7.13. The van der Waals surface area contributed by atoms with Crippen LogP contribution < -0.4 is 11.1 Å². The number of rotatable bonds is 7. The lowest BCUT2D eigenvalue weighted by Crippen LogP contribution is -2.51. The minimum atomic E-state index is -1.37. The molecule has 0 radical (unpaired) electrons. The minimum absolute atomic E-state index is 0.194. The predicted molar refractivity (Wildman–Crippen MR) is 101 cm³/mol. The van der Waals surface area contributed by atoms with Crippen molar-refractivity contribution in [3.63, 3.8) is 0 Å². The van der Waals surface area contributed by atoms with E-state index in [1.165, 1.54) is 0 Å². The molecule has 142 valence electrons. The molecule has 3 rings (SSSR count). The van der Waals surface area contributed by atoms with E-state index in [-0.39, 0.29) is 12.2 Å². The highest BCUT2D eigenvalue weighted by Gasteiger charge is 2.52. The molecule has 1 aromatic carbocycles. The van der Waals surface area contributed by atoms with Gasteiger partial charge in [0.25, 0.3) is 0 Å². The van der Waals surface area contributed by atoms with Crippen molar-refractivity contribution >= 4 is 24.7 Å². The molecule has 0 bridgehead atoms. The van der Waals surface area contributed by atoms with Crippen molar-refractivity contribution in [1.82, 2.24) is 5.32 Å². The molecular weight excluding hydrogens is 354 g/mol. The number of hydrogen-bond acceptors (Lipinski definition) is 5. The zero-order valence-corrected chi connectivity index (χ0v) is 15.7. The summed E-state index contributed by atoms with van der Waals surface area (Å²) in [5, 5.41) is 31.9. The van der Waals surface area contributed by atoms with E-state index in [1.54, 1.807) is 7.05 Å². The molecule has 2 aliphatic rings. The number of benzene rings is 1. The summed E-state index contributed by atoms with van der Waals surface area (Å²) in [6, 6.07) is 3.76. The number of aliphatic carboxylic acids is 1. The Morgan fingerprint density at radius 1 is 1.38 bits per heavy atom. The molecule has 0 heterocycles. The molecule has 2 atom stereocenters. The molecule has 0 saturated heterocycles. The first-order chi connectivity index (χ1) is 12.2. The van der Waals surface area contributed by atoms with Crippen LogP contribution in [0.2, 0.25) is 11.3 Å². The molecule has 0 aliphatic heterocycles. The van der Waals surface area contributed by atoms with Crippen molar-refractivity contribution in [2.75, 3.05) is 7.05 Å². The van der Waals surface area contributed by atoms with Crippen LogP contribution in [-0.2, 0) is 22.3 Å². The molecule has 1 saturated carbocycles. The van der Waals surface area contributed by atoms with E-state index in [0.29, 0.717) is 24.3 Å². The molecule has 6 nitrogen and oxygen atoms in total. The van der Waals surface area contributed by atoms with Crippen LogP contribution in [0.1, 0.15) is 48.8 Å². The quantitative estimate of drug-likeness (QED) is 0.459. The molecular formula is C18H26BClN2O4. The number of carboxylic acid groups (broad SMARTS) is 1. The van der Waals surface area contributed by atoms with Gasteiger partial charge in [-0.15, -0.1) is 0 Å². The van der Waals surface area contributed by atoms with Crippen molar-refractivity contribution in [3.8, 4) is 0 Å². The number of fused-ring (bicyclic) bond motifs is 1. The Morgan fingerprint density at radius 3 is 2.58 bits per heavy atom. The fourth-order valence-electron chi connectivity index (χ4n) is 4.60. The van der Waals surface area contributed by atoms with Gasteiger partial charge in [0.2, 0.25) is 0 Å². The molecule has 0 spiro atoms. The van der Waals surface area contributed by atoms with Crippen LogP contribution in [-0.4, -0.2) is 35.3 Å². The molecule has 0 aromatic heterocycles. The number of halogens is 1. The first-order valence-electron chi connectivity index (χ1n) is 9.15. The van der Waals surface area contributed by atoms with Gasteiger partial charge in [0.05, 0.1) is 0 Å². The summed E-state index contributed by atoms with van der Waals surface area (Å²) in [7, 11) is 0.289. The molecule has 26 heavy (non-hydrogen) atoms. The third kappa shape index (κ3) is 3.06. The second-order valence-electron chi connectivity index (χ2n) is 7.67. The third-order valence-electron chi connectivity index (χ3n) is 6.23. The fraction of sp³-hybridized carbons (Fsp3) is 0.611. The highest BCUT2D eigenvalue weighted by Crippen LogP contribution is 2.49. The van der Waals surface area contributed by atoms with Gasteiger partial charge >= 0.3 is 13.1 Å². The van der Waals surface area contributed by atoms with Crippen LogP contribution in [0.3, 0.4) is 0 Å². The summed E-state index contributed by atoms with van der Waals surface area (Å²) >= 11 is 6.50. The third-order valence-corrected chi connectivity index (χ3v) is 6.54. The average Bonchev–Trinajstić information content (AvgIpc) is 2.84. The lowest BCUT2D eigenvalue weighted by atomic mass is 9.71. The summed E-state index contributed by atoms with van der Waals surface area (Å²) in [6.07, 6.45) is 4.67. The zero-order chi connectivity index (χ0) is 19.1. The Labute approximate surface area is 158 Å². The van der Waals surface area contributed by atoms with Gasteiger partial charge in [-0.3, -0.25) is 0 Å². The van der Waals surface area contributed by atoms with Gasteiger partial charge in [-0.2, -0.15) is 0 Å². The van der Waals surface area contributed by atoms with E-state index in [1.807, 2.05) is 12.1 Å². The molecule has 0 amide bonds. The van der Waals surface area contributed by atoms with Crippen molar-refractivity contribution in [2.24, 2.45) is 11.7 Å². The molecule has 1 fully saturated rings. The topological polar surface area (TPSA) is 116 Å². The van der Waals surface area contributed by atoms with Gasteiger partial charge in [-0.25, -0.2) is 4.79 Å². The number of hydrogen-bond donors (Lipinski definition) is 5. The number of nitrogens with one attached hydrogen (secondary N) is 1. The normalized spacial score (nSPS) is 26.3. The molecule has 8 heteroatoms. The van der Waals surface area contributed by atoms with Crippen molar-refractivity contribution in [3.05, 3.63) is 33.8 Å². The van der Waals surface area contributed by atoms with Gasteiger partial charge in [0.1, 0.15) is 5.54 Å². The van der Waals surface area contributed by atoms with Crippen LogP contribution in [0.25, 0.3) is 0 Å². The number of likely N-dealkylation sites (N-methyl/N-ethyl adjacent to an activating group) is 1. The largest absolute Gasteiger partial charge is 0.480 e. The fourth-order valence-corrected chi connectivity index (χ4v) is 4.97. The first kappa shape index (κ1) is 19.6. The maximum atomic E-state index is 12.3. The summed E-state index contributed by atoms with van der Waals surface area (Å²) in [4.78, 5) is 12.3. The Hall–Kier alpha value is -1.12. The Bertz CT molecular complexity index is 711. The number of carboxylic acids is 1. The Morgan fingerprint density at radius 2 is 2.08 bits per heavy atom. The highest BCUT2D eigenvalue weighted by atomic mass is 35.5. The van der Waals surface area contributed by atoms with Gasteiger partial charge in [0.15, 0.2) is 0 Å². The smallest absolute Gasteiger partial charge is 0.451 e. The maximum absolute atomic E-state index is 12.3. The van der Waals surface area contributed by atoms with Gasteiger partial charge < -0.3 is 26.2 Å². The van der Waals surface area contributed by atoms with Crippen LogP contribution in [0, 0.1) is 5.92 Å². The molecule has 1 aromatic rings. The average molecular weight is 381 g/mol. The van der Waals surface area contributed by atoms with Crippen molar-refractivity contribution in [1.29, 1.82) is 0 Å². The summed E-state index contributed by atoms with van der Waals surface area (Å²) in [6.45, 7) is 0. The van der Waals surface area contributed by atoms with E-state index >= 15 is 0 Å². The maximum Gasteiger partial charge on any atom is 0.451 e. The van der Waals surface area contributed by atoms with E-state index in [4.69, 9.17) is 27.4 Å². The predicted octanol–water partition coefficient (Wildman–Crippen LogP) is 1.60. The highest BCUT2D eigenvalue weighted by molar-refractivity contribution is 6.40. The van der Waals surface area contributed by atoms with Crippen LogP contribution >= 0.6 is 11.6 Å². The van der Waals surface area contributed by atoms with E-state index in [9.17, 15) is 9.90 Å². The van der Waals surface area contributed by atoms with Gasteiger partial charge in [-0.05, 0) is 80.2 Å². The Balaban J connectivity index is 2.00. The minimum Gasteiger partial charge on any atom is -0.480 e. The van der Waals surface area contributed by atoms with Crippen LogP contribution in [0.15, 0.2) is 12.1 Å². The summed E-state index contributed by atoms with van der Waals surface area (Å²) in [5.74, 6) is -1.12. The number of nitrogens with two attached hydrogens (primary N) is 1.